The molecule has 3 aliphatic rings. The van der Waals surface area contributed by atoms with Gasteiger partial charge in [-0.25, -0.2) is 0 Å². The summed E-state index contributed by atoms with van der Waals surface area (Å²) >= 11 is 0. The van der Waals surface area contributed by atoms with Crippen molar-refractivity contribution in [3.63, 3.8) is 0 Å². The summed E-state index contributed by atoms with van der Waals surface area (Å²) in [6.45, 7) is 7.58. The predicted octanol–water partition coefficient (Wildman–Crippen LogP) is 3.91. The number of hydrogen-bond acceptors (Lipinski definition) is 3. The van der Waals surface area contributed by atoms with Crippen LogP contribution in [0.1, 0.15) is 63.5 Å². The van der Waals surface area contributed by atoms with Gasteiger partial charge in [-0.05, 0) is 80.5 Å². The molecule has 2 saturated carbocycles. The topological polar surface area (TPSA) is 57.6 Å². The Morgan fingerprint density at radius 2 is 2.00 bits per heavy atom. The largest absolute Gasteiger partial charge is 0.508 e. The number of nitrogens with zero attached hydrogens (tertiary/aromatic N) is 1. The van der Waals surface area contributed by atoms with Crippen LogP contribution in [0.2, 0.25) is 0 Å². The molecule has 4 heteroatoms. The fourth-order valence-electron chi connectivity index (χ4n) is 6.46. The van der Waals surface area contributed by atoms with Crippen molar-refractivity contribution >= 4 is 11.7 Å². The predicted molar refractivity (Wildman–Crippen MR) is 105 cm³/mol. The summed E-state index contributed by atoms with van der Waals surface area (Å²) in [5.74, 6) is 1.60. The SMILES string of the molecule is CCN(CC)C(=O)[C@H]1CC(=O)[C@@]2(C)CC[C@@H]3c4ccc(O)cc4CC[C@H]3[C@H]12. The van der Waals surface area contributed by atoms with Crippen LogP contribution < -0.4 is 0 Å². The van der Waals surface area contributed by atoms with E-state index < -0.39 is 0 Å². The zero-order valence-corrected chi connectivity index (χ0v) is 16.7. The second-order valence-electron chi connectivity index (χ2n) is 8.92. The van der Waals surface area contributed by atoms with Crippen LogP contribution in [-0.2, 0) is 16.0 Å². The number of fused-ring (bicyclic) bond motifs is 5. The van der Waals surface area contributed by atoms with E-state index >= 15 is 0 Å². The van der Waals surface area contributed by atoms with E-state index in [-0.39, 0.29) is 23.2 Å². The minimum absolute atomic E-state index is 0.152. The van der Waals surface area contributed by atoms with Crippen LogP contribution in [0.4, 0.5) is 0 Å². The lowest BCUT2D eigenvalue weighted by Gasteiger charge is -2.49. The average Bonchev–Trinajstić information content (AvgIpc) is 2.93. The molecule has 27 heavy (non-hydrogen) atoms. The van der Waals surface area contributed by atoms with E-state index in [0.717, 1.165) is 25.7 Å². The summed E-state index contributed by atoms with van der Waals surface area (Å²) in [6, 6.07) is 5.76. The first-order valence-electron chi connectivity index (χ1n) is 10.5. The maximum absolute atomic E-state index is 13.3. The van der Waals surface area contributed by atoms with Crippen LogP contribution in [-0.4, -0.2) is 34.8 Å². The van der Waals surface area contributed by atoms with E-state index in [9.17, 15) is 14.7 Å². The maximum atomic E-state index is 13.3. The number of carbonyl (C=O) groups is 2. The van der Waals surface area contributed by atoms with Crippen molar-refractivity contribution in [2.45, 2.75) is 58.8 Å². The van der Waals surface area contributed by atoms with Gasteiger partial charge in [-0.1, -0.05) is 13.0 Å². The molecule has 146 valence electrons. The zero-order valence-electron chi connectivity index (χ0n) is 16.7. The molecule has 0 aromatic heterocycles. The number of aromatic hydroxyl groups is 1. The highest BCUT2D eigenvalue weighted by molar-refractivity contribution is 5.94. The molecule has 0 heterocycles. The van der Waals surface area contributed by atoms with Crippen molar-refractivity contribution in [2.75, 3.05) is 13.1 Å². The van der Waals surface area contributed by atoms with E-state index in [0.29, 0.717) is 42.9 Å². The van der Waals surface area contributed by atoms with Crippen molar-refractivity contribution in [3.8, 4) is 5.75 Å². The number of carbonyl (C=O) groups excluding carboxylic acids is 2. The second kappa shape index (κ2) is 6.65. The molecule has 5 atom stereocenters. The van der Waals surface area contributed by atoms with Gasteiger partial charge >= 0.3 is 0 Å². The molecule has 0 spiro atoms. The Balaban J connectivity index is 1.71. The van der Waals surface area contributed by atoms with Crippen molar-refractivity contribution < 1.29 is 14.7 Å². The Labute approximate surface area is 161 Å². The third-order valence-corrected chi connectivity index (χ3v) is 7.83. The van der Waals surface area contributed by atoms with Crippen molar-refractivity contribution in [3.05, 3.63) is 29.3 Å². The normalized spacial score (nSPS) is 34.6. The number of phenolic OH excluding ortho intramolecular Hbond substituents is 1. The van der Waals surface area contributed by atoms with Crippen LogP contribution in [0.3, 0.4) is 0 Å². The lowest BCUT2D eigenvalue weighted by molar-refractivity contribution is -0.139. The average molecular weight is 370 g/mol. The summed E-state index contributed by atoms with van der Waals surface area (Å²) in [5.41, 5.74) is 2.23. The number of benzene rings is 1. The number of aryl methyl sites for hydroxylation is 1. The quantitative estimate of drug-likeness (QED) is 0.879. The van der Waals surface area contributed by atoms with Gasteiger partial charge in [-0.3, -0.25) is 9.59 Å². The van der Waals surface area contributed by atoms with Crippen molar-refractivity contribution in [1.82, 2.24) is 4.90 Å². The van der Waals surface area contributed by atoms with Crippen LogP contribution in [0, 0.1) is 23.2 Å². The fourth-order valence-corrected chi connectivity index (χ4v) is 6.46. The smallest absolute Gasteiger partial charge is 0.226 e. The van der Waals surface area contributed by atoms with Crippen LogP contribution >= 0.6 is 0 Å². The molecule has 1 N–H and O–H groups in total. The van der Waals surface area contributed by atoms with E-state index in [4.69, 9.17) is 0 Å². The molecule has 0 unspecified atom stereocenters. The molecule has 1 amide bonds. The Kier molecular flexibility index (Phi) is 4.56. The number of amides is 1. The van der Waals surface area contributed by atoms with Crippen molar-refractivity contribution in [2.24, 2.45) is 23.2 Å². The molecular weight excluding hydrogens is 338 g/mol. The Morgan fingerprint density at radius 3 is 2.70 bits per heavy atom. The first-order chi connectivity index (χ1) is 12.9. The van der Waals surface area contributed by atoms with Gasteiger partial charge in [-0.2, -0.15) is 0 Å². The monoisotopic (exact) mass is 369 g/mol. The van der Waals surface area contributed by atoms with E-state index in [2.05, 4.69) is 13.0 Å². The van der Waals surface area contributed by atoms with Crippen LogP contribution in [0.25, 0.3) is 0 Å². The Morgan fingerprint density at radius 1 is 1.26 bits per heavy atom. The summed E-state index contributed by atoms with van der Waals surface area (Å²) < 4.78 is 0. The zero-order chi connectivity index (χ0) is 19.3. The summed E-state index contributed by atoms with van der Waals surface area (Å²) in [7, 11) is 0. The summed E-state index contributed by atoms with van der Waals surface area (Å²) in [6.07, 6.45) is 4.24. The van der Waals surface area contributed by atoms with Gasteiger partial charge in [0, 0.05) is 30.8 Å². The van der Waals surface area contributed by atoms with Gasteiger partial charge in [-0.15, -0.1) is 0 Å². The lowest BCUT2D eigenvalue weighted by Crippen LogP contribution is -2.47. The molecule has 4 nitrogen and oxygen atoms in total. The maximum Gasteiger partial charge on any atom is 0.226 e. The number of ketones is 1. The van der Waals surface area contributed by atoms with Gasteiger partial charge in [0.15, 0.2) is 0 Å². The third-order valence-electron chi connectivity index (χ3n) is 7.83. The highest BCUT2D eigenvalue weighted by atomic mass is 16.3. The number of rotatable bonds is 3. The first-order valence-corrected chi connectivity index (χ1v) is 10.5. The van der Waals surface area contributed by atoms with E-state index in [1.807, 2.05) is 24.8 Å². The minimum Gasteiger partial charge on any atom is -0.508 e. The first kappa shape index (κ1) is 18.5. The molecule has 2 fully saturated rings. The molecule has 0 aliphatic heterocycles. The second-order valence-corrected chi connectivity index (χ2v) is 8.92. The van der Waals surface area contributed by atoms with Gasteiger partial charge < -0.3 is 10.0 Å². The molecule has 3 aliphatic carbocycles. The fraction of sp³-hybridized carbons (Fsp3) is 0.652. The molecule has 0 radical (unpaired) electrons. The Hall–Kier alpha value is -1.84. The van der Waals surface area contributed by atoms with E-state index in [1.54, 1.807) is 6.07 Å². The molecular formula is C23H31NO3. The molecule has 1 aromatic carbocycles. The van der Waals surface area contributed by atoms with Gasteiger partial charge in [0.1, 0.15) is 11.5 Å². The summed E-state index contributed by atoms with van der Waals surface area (Å²) in [5, 5.41) is 9.85. The molecule has 0 bridgehead atoms. The van der Waals surface area contributed by atoms with Crippen molar-refractivity contribution in [1.29, 1.82) is 0 Å². The number of hydrogen-bond donors (Lipinski definition) is 1. The number of phenols is 1. The van der Waals surface area contributed by atoms with Crippen LogP contribution in [0.5, 0.6) is 5.75 Å². The van der Waals surface area contributed by atoms with Gasteiger partial charge in [0.25, 0.3) is 0 Å². The summed E-state index contributed by atoms with van der Waals surface area (Å²) in [4.78, 5) is 28.2. The van der Waals surface area contributed by atoms with Crippen LogP contribution in [0.15, 0.2) is 18.2 Å². The number of Topliss-reactive ketones (excluding diaryl/α,β-unsaturated/α-hetero) is 1. The third kappa shape index (κ3) is 2.71. The standard InChI is InChI=1S/C23H31NO3/c1-4-24(5-2)22(27)19-13-20(26)23(3)11-10-17-16-9-7-15(25)12-14(16)6-8-18(17)21(19)23/h7,9,12,17-19,21,25H,4-6,8,10-11,13H2,1-3H3/t17-,18-,19+,21-,23-/m1/s1. The minimum atomic E-state index is -0.344. The Bertz CT molecular complexity index is 769. The lowest BCUT2D eigenvalue weighted by atomic mass is 9.54. The molecule has 1 aromatic rings. The molecule has 4 rings (SSSR count). The molecule has 0 saturated heterocycles. The highest BCUT2D eigenvalue weighted by Gasteiger charge is 2.60. The van der Waals surface area contributed by atoms with E-state index in [1.165, 1.54) is 11.1 Å². The highest BCUT2D eigenvalue weighted by Crippen LogP contribution is 2.61. The van der Waals surface area contributed by atoms with Gasteiger partial charge in [0.05, 0.1) is 0 Å². The van der Waals surface area contributed by atoms with Gasteiger partial charge in [0.2, 0.25) is 5.91 Å².